The summed E-state index contributed by atoms with van der Waals surface area (Å²) in [6.07, 6.45) is 3.33. The van der Waals surface area contributed by atoms with Crippen molar-refractivity contribution in [1.29, 1.82) is 0 Å². The smallest absolute Gasteiger partial charge is 0.257 e. The van der Waals surface area contributed by atoms with E-state index in [2.05, 4.69) is 39.3 Å². The van der Waals surface area contributed by atoms with E-state index in [0.717, 1.165) is 30.2 Å². The number of hydrogen-bond donors (Lipinski definition) is 2. The van der Waals surface area contributed by atoms with E-state index in [1.54, 1.807) is 24.5 Å². The molecule has 3 rings (SSSR count). The third-order valence-electron chi connectivity index (χ3n) is 4.46. The maximum absolute atomic E-state index is 12.4. The highest BCUT2D eigenvalue weighted by Gasteiger charge is 2.08. The highest BCUT2D eigenvalue weighted by atomic mass is 16.1. The van der Waals surface area contributed by atoms with Gasteiger partial charge in [0.1, 0.15) is 5.82 Å². The normalized spacial score (nSPS) is 10.4. The van der Waals surface area contributed by atoms with Crippen LogP contribution in [0.25, 0.3) is 0 Å². The standard InChI is InChI=1S/C22H25N5O/c1-3-27(4-2)20-11-9-18(10-12-20)26-22(28)17-8-13-21(24-15-17)25-16-19-7-5-6-14-23-19/h5-15H,3-4,16H2,1-2H3,(H,24,25)(H,26,28). The molecule has 28 heavy (non-hydrogen) atoms. The Morgan fingerprint density at radius 2 is 1.75 bits per heavy atom. The van der Waals surface area contributed by atoms with Crippen LogP contribution in [0.15, 0.2) is 67.0 Å². The molecule has 6 heteroatoms. The average Bonchev–Trinajstić information content (AvgIpc) is 2.75. The van der Waals surface area contributed by atoms with Gasteiger partial charge in [-0.2, -0.15) is 0 Å². The predicted octanol–water partition coefficient (Wildman–Crippen LogP) is 4.19. The SMILES string of the molecule is CCN(CC)c1ccc(NC(=O)c2ccc(NCc3ccccn3)nc2)cc1. The first-order valence-electron chi connectivity index (χ1n) is 9.45. The minimum Gasteiger partial charge on any atom is -0.372 e. The molecule has 0 bridgehead atoms. The van der Waals surface area contributed by atoms with Crippen LogP contribution >= 0.6 is 0 Å². The van der Waals surface area contributed by atoms with Crippen molar-refractivity contribution in [3.8, 4) is 0 Å². The number of amides is 1. The van der Waals surface area contributed by atoms with Gasteiger partial charge in [-0.15, -0.1) is 0 Å². The Balaban J connectivity index is 1.57. The van der Waals surface area contributed by atoms with E-state index >= 15 is 0 Å². The highest BCUT2D eigenvalue weighted by Crippen LogP contribution is 2.18. The lowest BCUT2D eigenvalue weighted by atomic mass is 10.2. The molecule has 0 radical (unpaired) electrons. The number of hydrogen-bond acceptors (Lipinski definition) is 5. The Morgan fingerprint density at radius 3 is 2.36 bits per heavy atom. The van der Waals surface area contributed by atoms with Crippen LogP contribution in [-0.4, -0.2) is 29.0 Å². The first-order valence-corrected chi connectivity index (χ1v) is 9.45. The summed E-state index contributed by atoms with van der Waals surface area (Å²) in [5.74, 6) is 0.519. The molecule has 0 aliphatic rings. The molecular formula is C22H25N5O. The van der Waals surface area contributed by atoms with Gasteiger partial charge in [0.2, 0.25) is 0 Å². The van der Waals surface area contributed by atoms with Crippen LogP contribution in [0.3, 0.4) is 0 Å². The van der Waals surface area contributed by atoms with Gasteiger partial charge in [0.05, 0.1) is 17.8 Å². The second-order valence-corrected chi connectivity index (χ2v) is 6.28. The third-order valence-corrected chi connectivity index (χ3v) is 4.46. The number of aromatic nitrogens is 2. The summed E-state index contributed by atoms with van der Waals surface area (Å²) in [4.78, 5) is 23.3. The number of pyridine rings is 2. The Kier molecular flexibility index (Phi) is 6.57. The molecule has 2 heterocycles. The van der Waals surface area contributed by atoms with Crippen LogP contribution < -0.4 is 15.5 Å². The van der Waals surface area contributed by atoms with E-state index in [9.17, 15) is 4.79 Å². The van der Waals surface area contributed by atoms with Gasteiger partial charge < -0.3 is 15.5 Å². The topological polar surface area (TPSA) is 70.2 Å². The third kappa shape index (κ3) is 5.07. The molecule has 0 aliphatic heterocycles. The number of rotatable bonds is 8. The maximum atomic E-state index is 12.4. The van der Waals surface area contributed by atoms with Crippen molar-refractivity contribution >= 4 is 23.1 Å². The molecule has 2 aromatic heterocycles. The lowest BCUT2D eigenvalue weighted by Crippen LogP contribution is -2.21. The molecule has 0 aliphatic carbocycles. The summed E-state index contributed by atoms with van der Waals surface area (Å²) < 4.78 is 0. The van der Waals surface area contributed by atoms with Gasteiger partial charge >= 0.3 is 0 Å². The largest absolute Gasteiger partial charge is 0.372 e. The lowest BCUT2D eigenvalue weighted by Gasteiger charge is -2.21. The molecule has 1 amide bonds. The molecule has 144 valence electrons. The summed E-state index contributed by atoms with van der Waals surface area (Å²) >= 11 is 0. The van der Waals surface area contributed by atoms with Gasteiger partial charge in [0, 0.05) is 36.9 Å². The predicted molar refractivity (Wildman–Crippen MR) is 114 cm³/mol. The van der Waals surface area contributed by atoms with Gasteiger partial charge in [0.25, 0.3) is 5.91 Å². The number of nitrogens with zero attached hydrogens (tertiary/aromatic N) is 3. The molecule has 0 spiro atoms. The minimum atomic E-state index is -0.181. The monoisotopic (exact) mass is 375 g/mol. The van der Waals surface area contributed by atoms with Gasteiger partial charge in [-0.1, -0.05) is 6.07 Å². The maximum Gasteiger partial charge on any atom is 0.257 e. The van der Waals surface area contributed by atoms with Crippen molar-refractivity contribution in [1.82, 2.24) is 9.97 Å². The van der Waals surface area contributed by atoms with Crippen LogP contribution in [0.4, 0.5) is 17.2 Å². The zero-order valence-corrected chi connectivity index (χ0v) is 16.2. The van der Waals surface area contributed by atoms with E-state index in [1.165, 1.54) is 0 Å². The Morgan fingerprint density at radius 1 is 0.964 bits per heavy atom. The fourth-order valence-corrected chi connectivity index (χ4v) is 2.86. The second kappa shape index (κ2) is 9.50. The molecule has 0 saturated heterocycles. The molecule has 1 aromatic carbocycles. The van der Waals surface area contributed by atoms with Crippen LogP contribution in [0.1, 0.15) is 29.9 Å². The number of carbonyl (C=O) groups excluding carboxylic acids is 1. The second-order valence-electron chi connectivity index (χ2n) is 6.28. The summed E-state index contributed by atoms with van der Waals surface area (Å²) in [6.45, 7) is 6.74. The molecule has 2 N–H and O–H groups in total. The van der Waals surface area contributed by atoms with E-state index in [4.69, 9.17) is 0 Å². The summed E-state index contributed by atoms with van der Waals surface area (Å²) in [6, 6.07) is 17.2. The molecule has 0 unspecified atom stereocenters. The number of nitrogens with one attached hydrogen (secondary N) is 2. The number of anilines is 3. The summed E-state index contributed by atoms with van der Waals surface area (Å²) in [5, 5.41) is 6.10. The van der Waals surface area contributed by atoms with Gasteiger partial charge in [-0.05, 0) is 62.4 Å². The molecule has 3 aromatic rings. The van der Waals surface area contributed by atoms with E-state index in [1.807, 2.05) is 42.5 Å². The van der Waals surface area contributed by atoms with Crippen molar-refractivity contribution in [3.63, 3.8) is 0 Å². The van der Waals surface area contributed by atoms with Gasteiger partial charge in [-0.25, -0.2) is 4.98 Å². The van der Waals surface area contributed by atoms with Crippen LogP contribution in [0, 0.1) is 0 Å². The molecule has 6 nitrogen and oxygen atoms in total. The lowest BCUT2D eigenvalue weighted by molar-refractivity contribution is 0.102. The van der Waals surface area contributed by atoms with Gasteiger partial charge in [0.15, 0.2) is 0 Å². The zero-order chi connectivity index (χ0) is 19.8. The minimum absolute atomic E-state index is 0.181. The Labute approximate surface area is 165 Å². The quantitative estimate of drug-likeness (QED) is 0.618. The van der Waals surface area contributed by atoms with Crippen LogP contribution in [0.2, 0.25) is 0 Å². The molecular weight excluding hydrogens is 350 g/mol. The zero-order valence-electron chi connectivity index (χ0n) is 16.2. The van der Waals surface area contributed by atoms with E-state index in [-0.39, 0.29) is 5.91 Å². The van der Waals surface area contributed by atoms with Crippen molar-refractivity contribution in [2.24, 2.45) is 0 Å². The Hall–Kier alpha value is -3.41. The summed E-state index contributed by atoms with van der Waals surface area (Å²) in [7, 11) is 0. The van der Waals surface area contributed by atoms with E-state index in [0.29, 0.717) is 17.9 Å². The first-order chi connectivity index (χ1) is 13.7. The summed E-state index contributed by atoms with van der Waals surface area (Å²) in [5.41, 5.74) is 3.35. The first kappa shape index (κ1) is 19.4. The van der Waals surface area contributed by atoms with Crippen LogP contribution in [-0.2, 0) is 6.54 Å². The fraction of sp³-hybridized carbons (Fsp3) is 0.227. The van der Waals surface area contributed by atoms with E-state index < -0.39 is 0 Å². The highest BCUT2D eigenvalue weighted by molar-refractivity contribution is 6.04. The Bertz CT molecular complexity index is 875. The molecule has 0 fully saturated rings. The van der Waals surface area contributed by atoms with Crippen LogP contribution in [0.5, 0.6) is 0 Å². The number of carbonyl (C=O) groups is 1. The van der Waals surface area contributed by atoms with Crippen molar-refractivity contribution in [2.45, 2.75) is 20.4 Å². The van der Waals surface area contributed by atoms with Crippen molar-refractivity contribution < 1.29 is 4.79 Å². The number of benzene rings is 1. The average molecular weight is 375 g/mol. The van der Waals surface area contributed by atoms with Crippen molar-refractivity contribution in [2.75, 3.05) is 28.6 Å². The molecule has 0 saturated carbocycles. The van der Waals surface area contributed by atoms with Crippen molar-refractivity contribution in [3.05, 3.63) is 78.2 Å². The van der Waals surface area contributed by atoms with Gasteiger partial charge in [-0.3, -0.25) is 9.78 Å². The fourth-order valence-electron chi connectivity index (χ4n) is 2.86. The molecule has 0 atom stereocenters.